The van der Waals surface area contributed by atoms with Crippen molar-refractivity contribution < 1.29 is 0 Å². The molecule has 1 aromatic carbocycles. The number of rotatable bonds is 3. The van der Waals surface area contributed by atoms with Crippen LogP contribution in [-0.4, -0.2) is 12.1 Å². The third kappa shape index (κ3) is 2.58. The van der Waals surface area contributed by atoms with E-state index in [-0.39, 0.29) is 0 Å². The lowest BCUT2D eigenvalue weighted by Gasteiger charge is -2.22. The maximum Gasteiger partial charge on any atom is 0.0294 e. The SMILES string of the molecule is C[C@@H](N[C@@H]1CCC[C@@H]1N)c1ccccc1. The molecule has 1 aliphatic rings. The van der Waals surface area contributed by atoms with Crippen LogP contribution in [0.3, 0.4) is 0 Å². The van der Waals surface area contributed by atoms with Crippen LogP contribution in [0.1, 0.15) is 37.8 Å². The zero-order valence-corrected chi connectivity index (χ0v) is 9.32. The average molecular weight is 204 g/mol. The molecule has 15 heavy (non-hydrogen) atoms. The largest absolute Gasteiger partial charge is 0.326 e. The summed E-state index contributed by atoms with van der Waals surface area (Å²) in [7, 11) is 0. The molecule has 82 valence electrons. The molecule has 1 saturated carbocycles. The van der Waals surface area contributed by atoms with Crippen molar-refractivity contribution in [3.8, 4) is 0 Å². The molecule has 0 unspecified atom stereocenters. The Morgan fingerprint density at radius 1 is 1.27 bits per heavy atom. The summed E-state index contributed by atoms with van der Waals surface area (Å²) >= 11 is 0. The van der Waals surface area contributed by atoms with Crippen molar-refractivity contribution >= 4 is 0 Å². The highest BCUT2D eigenvalue weighted by Gasteiger charge is 2.24. The fraction of sp³-hybridized carbons (Fsp3) is 0.538. The van der Waals surface area contributed by atoms with E-state index in [0.29, 0.717) is 18.1 Å². The lowest BCUT2D eigenvalue weighted by Crippen LogP contribution is -2.41. The first-order chi connectivity index (χ1) is 7.27. The molecule has 1 aromatic rings. The van der Waals surface area contributed by atoms with Gasteiger partial charge in [0.25, 0.3) is 0 Å². The minimum Gasteiger partial charge on any atom is -0.326 e. The molecular formula is C13H20N2. The van der Waals surface area contributed by atoms with E-state index in [1.165, 1.54) is 24.8 Å². The Hall–Kier alpha value is -0.860. The number of nitrogens with two attached hydrogens (primary N) is 1. The second-order valence-corrected chi connectivity index (χ2v) is 4.50. The molecule has 0 saturated heterocycles. The van der Waals surface area contributed by atoms with Crippen molar-refractivity contribution in [1.82, 2.24) is 5.32 Å². The van der Waals surface area contributed by atoms with E-state index >= 15 is 0 Å². The number of hydrogen-bond acceptors (Lipinski definition) is 2. The summed E-state index contributed by atoms with van der Waals surface area (Å²) in [6, 6.07) is 11.8. The van der Waals surface area contributed by atoms with Crippen LogP contribution in [0, 0.1) is 0 Å². The molecule has 2 heteroatoms. The summed E-state index contributed by atoms with van der Waals surface area (Å²) in [4.78, 5) is 0. The van der Waals surface area contributed by atoms with E-state index in [2.05, 4.69) is 42.6 Å². The maximum atomic E-state index is 6.04. The number of hydrogen-bond donors (Lipinski definition) is 2. The Labute approximate surface area is 91.9 Å². The fourth-order valence-corrected chi connectivity index (χ4v) is 2.35. The van der Waals surface area contributed by atoms with Crippen LogP contribution in [0.4, 0.5) is 0 Å². The van der Waals surface area contributed by atoms with Crippen LogP contribution in [0.5, 0.6) is 0 Å². The number of benzene rings is 1. The zero-order valence-electron chi connectivity index (χ0n) is 9.32. The highest BCUT2D eigenvalue weighted by atomic mass is 15.0. The molecule has 0 spiro atoms. The van der Waals surface area contributed by atoms with Crippen molar-refractivity contribution in [3.05, 3.63) is 35.9 Å². The highest BCUT2D eigenvalue weighted by Crippen LogP contribution is 2.21. The fourth-order valence-electron chi connectivity index (χ4n) is 2.35. The third-order valence-electron chi connectivity index (χ3n) is 3.33. The maximum absolute atomic E-state index is 6.04. The van der Waals surface area contributed by atoms with Gasteiger partial charge in [0.1, 0.15) is 0 Å². The first kappa shape index (κ1) is 10.7. The van der Waals surface area contributed by atoms with Crippen LogP contribution >= 0.6 is 0 Å². The van der Waals surface area contributed by atoms with Crippen molar-refractivity contribution in [2.24, 2.45) is 5.73 Å². The molecule has 0 aliphatic heterocycles. The molecule has 1 aliphatic carbocycles. The molecule has 3 N–H and O–H groups in total. The van der Waals surface area contributed by atoms with Gasteiger partial charge >= 0.3 is 0 Å². The van der Waals surface area contributed by atoms with E-state index in [9.17, 15) is 0 Å². The minimum atomic E-state index is 0.344. The van der Waals surface area contributed by atoms with Crippen LogP contribution in [0.15, 0.2) is 30.3 Å². The van der Waals surface area contributed by atoms with Crippen molar-refractivity contribution in [2.75, 3.05) is 0 Å². The summed E-state index contributed by atoms with van der Waals surface area (Å²) in [5.74, 6) is 0. The van der Waals surface area contributed by atoms with Gasteiger partial charge < -0.3 is 11.1 Å². The van der Waals surface area contributed by atoms with Gasteiger partial charge in [-0.2, -0.15) is 0 Å². The molecule has 0 bridgehead atoms. The molecular weight excluding hydrogens is 184 g/mol. The van der Waals surface area contributed by atoms with E-state index < -0.39 is 0 Å². The first-order valence-corrected chi connectivity index (χ1v) is 5.84. The standard InChI is InChI=1S/C13H20N2/c1-10(11-6-3-2-4-7-11)15-13-9-5-8-12(13)14/h2-4,6-7,10,12-13,15H,5,8-9,14H2,1H3/t10-,12+,13-/m1/s1. The monoisotopic (exact) mass is 204 g/mol. The van der Waals surface area contributed by atoms with Crippen LogP contribution in [-0.2, 0) is 0 Å². The normalized spacial score (nSPS) is 27.9. The zero-order chi connectivity index (χ0) is 10.7. The number of nitrogens with one attached hydrogen (secondary N) is 1. The van der Waals surface area contributed by atoms with Crippen LogP contribution in [0.2, 0.25) is 0 Å². The van der Waals surface area contributed by atoms with E-state index in [1.807, 2.05) is 0 Å². The molecule has 0 aromatic heterocycles. The van der Waals surface area contributed by atoms with Gasteiger partial charge in [0.2, 0.25) is 0 Å². The van der Waals surface area contributed by atoms with E-state index in [4.69, 9.17) is 5.73 Å². The van der Waals surface area contributed by atoms with Gasteiger partial charge in [0.15, 0.2) is 0 Å². The van der Waals surface area contributed by atoms with Crippen molar-refractivity contribution in [2.45, 2.75) is 44.3 Å². The van der Waals surface area contributed by atoms with Crippen LogP contribution in [0.25, 0.3) is 0 Å². The second kappa shape index (κ2) is 4.77. The lowest BCUT2D eigenvalue weighted by molar-refractivity contribution is 0.427. The van der Waals surface area contributed by atoms with Gasteiger partial charge in [0, 0.05) is 18.1 Å². The quantitative estimate of drug-likeness (QED) is 0.792. The third-order valence-corrected chi connectivity index (χ3v) is 3.33. The van der Waals surface area contributed by atoms with Crippen molar-refractivity contribution in [3.63, 3.8) is 0 Å². The Kier molecular flexibility index (Phi) is 3.39. The minimum absolute atomic E-state index is 0.344. The van der Waals surface area contributed by atoms with Gasteiger partial charge in [-0.05, 0) is 25.3 Å². The predicted octanol–water partition coefficient (Wildman–Crippen LogP) is 2.22. The Morgan fingerprint density at radius 2 is 2.00 bits per heavy atom. The topological polar surface area (TPSA) is 38.0 Å². The van der Waals surface area contributed by atoms with Gasteiger partial charge in [-0.3, -0.25) is 0 Å². The van der Waals surface area contributed by atoms with Gasteiger partial charge in [0.05, 0.1) is 0 Å². The molecule has 0 radical (unpaired) electrons. The van der Waals surface area contributed by atoms with E-state index in [1.54, 1.807) is 0 Å². The van der Waals surface area contributed by atoms with Gasteiger partial charge in [-0.15, -0.1) is 0 Å². The highest BCUT2D eigenvalue weighted by molar-refractivity contribution is 5.18. The Morgan fingerprint density at radius 3 is 2.60 bits per heavy atom. The molecule has 2 nitrogen and oxygen atoms in total. The lowest BCUT2D eigenvalue weighted by atomic mass is 10.1. The van der Waals surface area contributed by atoms with Crippen molar-refractivity contribution in [1.29, 1.82) is 0 Å². The predicted molar refractivity (Wildman–Crippen MR) is 63.6 cm³/mol. The average Bonchev–Trinajstić information content (AvgIpc) is 2.66. The molecule has 3 atom stereocenters. The summed E-state index contributed by atoms with van der Waals surface area (Å²) < 4.78 is 0. The van der Waals surface area contributed by atoms with Crippen LogP contribution < -0.4 is 11.1 Å². The molecule has 2 rings (SSSR count). The molecule has 1 fully saturated rings. The second-order valence-electron chi connectivity index (χ2n) is 4.50. The summed E-state index contributed by atoms with van der Waals surface area (Å²) in [5, 5.41) is 3.62. The smallest absolute Gasteiger partial charge is 0.0294 e. The first-order valence-electron chi connectivity index (χ1n) is 5.84. The Balaban J connectivity index is 1.95. The summed E-state index contributed by atoms with van der Waals surface area (Å²) in [6.07, 6.45) is 3.65. The molecule has 0 amide bonds. The Bertz CT molecular complexity index is 297. The van der Waals surface area contributed by atoms with Gasteiger partial charge in [-0.25, -0.2) is 0 Å². The summed E-state index contributed by atoms with van der Waals surface area (Å²) in [6.45, 7) is 2.21. The summed E-state index contributed by atoms with van der Waals surface area (Å²) in [5.41, 5.74) is 7.39. The van der Waals surface area contributed by atoms with E-state index in [0.717, 1.165) is 0 Å². The van der Waals surface area contributed by atoms with Gasteiger partial charge in [-0.1, -0.05) is 36.8 Å². The molecule has 0 heterocycles.